The largest absolute Gasteiger partial charge is 0.206 e. The summed E-state index contributed by atoms with van der Waals surface area (Å²) in [4.78, 5) is 0. The number of halogens is 3. The van der Waals surface area contributed by atoms with Crippen LogP contribution in [0.3, 0.4) is 0 Å². The highest BCUT2D eigenvalue weighted by atomic mass is 19.2. The molecule has 0 fully saturated rings. The van der Waals surface area contributed by atoms with E-state index >= 15 is 0 Å². The lowest BCUT2D eigenvalue weighted by atomic mass is 10.0. The van der Waals surface area contributed by atoms with Gasteiger partial charge in [-0.3, -0.25) is 0 Å². The van der Waals surface area contributed by atoms with Gasteiger partial charge >= 0.3 is 0 Å². The van der Waals surface area contributed by atoms with Gasteiger partial charge in [-0.1, -0.05) is 43.0 Å². The van der Waals surface area contributed by atoms with E-state index in [1.54, 1.807) is 36.4 Å². The van der Waals surface area contributed by atoms with Crippen LogP contribution in [-0.2, 0) is 6.42 Å². The zero-order valence-corrected chi connectivity index (χ0v) is 13.6. The van der Waals surface area contributed by atoms with E-state index in [2.05, 4.69) is 11.8 Å². The summed E-state index contributed by atoms with van der Waals surface area (Å²) in [5.74, 6) is 3.60. The van der Waals surface area contributed by atoms with Crippen LogP contribution in [0.5, 0.6) is 0 Å². The van der Waals surface area contributed by atoms with Crippen molar-refractivity contribution in [2.45, 2.75) is 13.3 Å². The smallest absolute Gasteiger partial charge is 0.160 e. The first-order valence-corrected chi connectivity index (χ1v) is 7.93. The summed E-state index contributed by atoms with van der Waals surface area (Å²) in [6.07, 6.45) is 0.787. The molecule has 0 nitrogen and oxygen atoms in total. The molecule has 124 valence electrons. The molecular weight excluding hydrogens is 321 g/mol. The third kappa shape index (κ3) is 3.92. The Morgan fingerprint density at radius 3 is 2.00 bits per heavy atom. The minimum atomic E-state index is -0.923. The number of hydrogen-bond donors (Lipinski definition) is 0. The van der Waals surface area contributed by atoms with Crippen molar-refractivity contribution in [3.8, 4) is 23.0 Å². The van der Waals surface area contributed by atoms with Gasteiger partial charge in [0.25, 0.3) is 0 Å². The van der Waals surface area contributed by atoms with Gasteiger partial charge in [0.05, 0.1) is 0 Å². The fourth-order valence-electron chi connectivity index (χ4n) is 2.46. The zero-order valence-electron chi connectivity index (χ0n) is 13.6. The first-order chi connectivity index (χ1) is 12.1. The lowest BCUT2D eigenvalue weighted by Crippen LogP contribution is -1.88. The molecule has 0 spiro atoms. The maximum atomic E-state index is 14.2. The average Bonchev–Trinajstić information content (AvgIpc) is 2.63. The van der Waals surface area contributed by atoms with Crippen molar-refractivity contribution in [1.29, 1.82) is 0 Å². The van der Waals surface area contributed by atoms with Crippen molar-refractivity contribution in [1.82, 2.24) is 0 Å². The molecule has 0 aliphatic carbocycles. The highest BCUT2D eigenvalue weighted by Gasteiger charge is 2.05. The molecule has 3 aromatic carbocycles. The molecule has 0 radical (unpaired) electrons. The third-order valence-electron chi connectivity index (χ3n) is 3.91. The molecule has 0 unspecified atom stereocenters. The van der Waals surface area contributed by atoms with Crippen LogP contribution in [0.25, 0.3) is 11.1 Å². The van der Waals surface area contributed by atoms with E-state index < -0.39 is 11.6 Å². The van der Waals surface area contributed by atoms with Crippen LogP contribution in [0.15, 0.2) is 60.7 Å². The van der Waals surface area contributed by atoms with Gasteiger partial charge in [-0.15, -0.1) is 0 Å². The standard InChI is InChI=1S/C22H15F3/c1-2-15-7-11-19(21(24)13-15)18-9-5-16(6-10-18)3-4-17-8-12-20(23)22(25)14-17/h5-14H,2H2,1H3. The third-order valence-corrected chi connectivity index (χ3v) is 3.91. The van der Waals surface area contributed by atoms with Crippen molar-refractivity contribution < 1.29 is 13.2 Å². The summed E-state index contributed by atoms with van der Waals surface area (Å²) in [5.41, 5.74) is 3.36. The SMILES string of the molecule is CCc1ccc(-c2ccc(C#Cc3ccc(F)c(F)c3)cc2)c(F)c1. The van der Waals surface area contributed by atoms with E-state index in [1.807, 2.05) is 13.0 Å². The molecule has 3 rings (SSSR count). The molecule has 0 atom stereocenters. The first-order valence-electron chi connectivity index (χ1n) is 7.93. The molecule has 0 saturated heterocycles. The second-order valence-corrected chi connectivity index (χ2v) is 5.62. The summed E-state index contributed by atoms with van der Waals surface area (Å²) < 4.78 is 40.2. The Morgan fingerprint density at radius 1 is 0.680 bits per heavy atom. The van der Waals surface area contributed by atoms with E-state index in [1.165, 1.54) is 6.07 Å². The van der Waals surface area contributed by atoms with Crippen LogP contribution in [0.2, 0.25) is 0 Å². The molecule has 0 bridgehead atoms. The fraction of sp³-hybridized carbons (Fsp3) is 0.0909. The molecule has 0 saturated carbocycles. The van der Waals surface area contributed by atoms with Gasteiger partial charge in [-0.2, -0.15) is 0 Å². The molecule has 0 aromatic heterocycles. The Morgan fingerprint density at radius 2 is 1.36 bits per heavy atom. The summed E-state index contributed by atoms with van der Waals surface area (Å²) >= 11 is 0. The topological polar surface area (TPSA) is 0 Å². The van der Waals surface area contributed by atoms with Crippen LogP contribution in [0, 0.1) is 29.3 Å². The van der Waals surface area contributed by atoms with Crippen LogP contribution in [-0.4, -0.2) is 0 Å². The summed E-state index contributed by atoms with van der Waals surface area (Å²) in [6.45, 7) is 1.98. The van der Waals surface area contributed by atoms with Crippen molar-refractivity contribution in [3.05, 3.63) is 94.8 Å². The minimum absolute atomic E-state index is 0.250. The van der Waals surface area contributed by atoms with Gasteiger partial charge in [0.15, 0.2) is 11.6 Å². The highest BCUT2D eigenvalue weighted by molar-refractivity contribution is 5.65. The second-order valence-electron chi connectivity index (χ2n) is 5.62. The van der Waals surface area contributed by atoms with Gasteiger partial charge in [0.1, 0.15) is 5.82 Å². The Labute approximate surface area is 145 Å². The maximum absolute atomic E-state index is 14.2. The van der Waals surface area contributed by atoms with Gasteiger partial charge in [0.2, 0.25) is 0 Å². The van der Waals surface area contributed by atoms with Crippen LogP contribution >= 0.6 is 0 Å². The Hall–Kier alpha value is -2.99. The van der Waals surface area contributed by atoms with Crippen molar-refractivity contribution in [2.75, 3.05) is 0 Å². The number of rotatable bonds is 2. The second kappa shape index (κ2) is 7.27. The molecule has 0 aliphatic heterocycles. The Balaban J connectivity index is 1.83. The lowest BCUT2D eigenvalue weighted by Gasteiger charge is -2.05. The number of hydrogen-bond acceptors (Lipinski definition) is 0. The lowest BCUT2D eigenvalue weighted by molar-refractivity contribution is 0.508. The van der Waals surface area contributed by atoms with Gasteiger partial charge in [-0.25, -0.2) is 13.2 Å². The summed E-state index contributed by atoms with van der Waals surface area (Å²) in [5, 5.41) is 0. The van der Waals surface area contributed by atoms with Crippen LogP contribution in [0.1, 0.15) is 23.6 Å². The molecule has 3 heteroatoms. The van der Waals surface area contributed by atoms with Gasteiger partial charge < -0.3 is 0 Å². The molecule has 0 amide bonds. The predicted molar refractivity (Wildman–Crippen MR) is 93.6 cm³/mol. The first kappa shape index (κ1) is 16.9. The zero-order chi connectivity index (χ0) is 17.8. The fourth-order valence-corrected chi connectivity index (χ4v) is 2.46. The Kier molecular flexibility index (Phi) is 4.90. The molecular formula is C22H15F3. The number of benzene rings is 3. The quantitative estimate of drug-likeness (QED) is 0.524. The normalized spacial score (nSPS) is 10.2. The van der Waals surface area contributed by atoms with E-state index in [9.17, 15) is 13.2 Å². The van der Waals surface area contributed by atoms with Crippen molar-refractivity contribution >= 4 is 0 Å². The predicted octanol–water partition coefficient (Wildman–Crippen LogP) is 5.73. The molecule has 0 aliphatic rings. The van der Waals surface area contributed by atoms with Gasteiger partial charge in [-0.05, 0) is 53.9 Å². The average molecular weight is 336 g/mol. The van der Waals surface area contributed by atoms with E-state index in [4.69, 9.17) is 0 Å². The Bertz CT molecular complexity index is 961. The monoisotopic (exact) mass is 336 g/mol. The summed E-state index contributed by atoms with van der Waals surface area (Å²) in [6, 6.07) is 15.9. The van der Waals surface area contributed by atoms with Crippen LogP contribution in [0.4, 0.5) is 13.2 Å². The maximum Gasteiger partial charge on any atom is 0.160 e. The van der Waals surface area contributed by atoms with E-state index in [0.717, 1.165) is 29.7 Å². The van der Waals surface area contributed by atoms with E-state index in [0.29, 0.717) is 16.7 Å². The highest BCUT2D eigenvalue weighted by Crippen LogP contribution is 2.24. The minimum Gasteiger partial charge on any atom is -0.206 e. The van der Waals surface area contributed by atoms with Crippen LogP contribution < -0.4 is 0 Å². The number of aryl methyl sites for hydroxylation is 1. The molecule has 3 aromatic rings. The molecule has 0 heterocycles. The van der Waals surface area contributed by atoms with Crippen molar-refractivity contribution in [3.63, 3.8) is 0 Å². The van der Waals surface area contributed by atoms with Gasteiger partial charge in [0, 0.05) is 16.7 Å². The molecule has 0 N–H and O–H groups in total. The molecule has 25 heavy (non-hydrogen) atoms. The van der Waals surface area contributed by atoms with E-state index in [-0.39, 0.29) is 5.82 Å². The van der Waals surface area contributed by atoms with Crippen molar-refractivity contribution in [2.24, 2.45) is 0 Å². The summed E-state index contributed by atoms with van der Waals surface area (Å²) in [7, 11) is 0.